The minimum atomic E-state index is -1.09. The van der Waals surface area contributed by atoms with Gasteiger partial charge in [0, 0.05) is 6.42 Å². The summed E-state index contributed by atoms with van der Waals surface area (Å²) in [5.41, 5.74) is 6.32. The van der Waals surface area contributed by atoms with E-state index in [0.29, 0.717) is 12.2 Å². The van der Waals surface area contributed by atoms with Crippen LogP contribution in [0.1, 0.15) is 115 Å². The van der Waals surface area contributed by atoms with Gasteiger partial charge in [0.25, 0.3) is 0 Å². The van der Waals surface area contributed by atoms with Crippen molar-refractivity contribution >= 4 is 23.9 Å². The number of amides is 2. The molecule has 0 spiro atoms. The average molecular weight is 625 g/mol. The van der Waals surface area contributed by atoms with Gasteiger partial charge >= 0.3 is 18.0 Å². The molecule has 0 fully saturated rings. The maximum atomic E-state index is 13.3. The van der Waals surface area contributed by atoms with Crippen LogP contribution < -0.4 is 15.8 Å². The SMILES string of the molecule is CCCCCCCCCCCCCC(CC(N)=O)OC(=O)[C@H](CCCC(=O)OCc1ccccc1)NC(=O)Oc1ccccc1. The number of para-hydroxylation sites is 1. The molecular weight excluding hydrogens is 572 g/mol. The summed E-state index contributed by atoms with van der Waals surface area (Å²) in [7, 11) is 0. The van der Waals surface area contributed by atoms with Crippen LogP contribution in [0.3, 0.4) is 0 Å². The normalized spacial score (nSPS) is 12.1. The van der Waals surface area contributed by atoms with E-state index < -0.39 is 36.1 Å². The maximum absolute atomic E-state index is 13.3. The number of carbonyl (C=O) groups excluding carboxylic acids is 4. The number of rotatable bonds is 24. The van der Waals surface area contributed by atoms with Crippen LogP contribution in [0.4, 0.5) is 4.79 Å². The minimum absolute atomic E-state index is 0.0511. The number of primary amides is 1. The van der Waals surface area contributed by atoms with Crippen molar-refractivity contribution in [2.75, 3.05) is 0 Å². The van der Waals surface area contributed by atoms with Gasteiger partial charge in [0.15, 0.2) is 0 Å². The second kappa shape index (κ2) is 23.5. The Morgan fingerprint density at radius 2 is 1.31 bits per heavy atom. The molecule has 9 nitrogen and oxygen atoms in total. The van der Waals surface area contributed by atoms with Crippen molar-refractivity contribution in [2.45, 2.75) is 128 Å². The summed E-state index contributed by atoms with van der Waals surface area (Å²) in [6.07, 6.45) is 12.3. The Morgan fingerprint density at radius 1 is 0.733 bits per heavy atom. The van der Waals surface area contributed by atoms with Gasteiger partial charge in [0.05, 0.1) is 6.42 Å². The molecule has 9 heteroatoms. The van der Waals surface area contributed by atoms with Gasteiger partial charge in [-0.2, -0.15) is 0 Å². The molecule has 2 rings (SSSR count). The zero-order chi connectivity index (χ0) is 32.5. The number of hydrogen-bond donors (Lipinski definition) is 2. The monoisotopic (exact) mass is 624 g/mol. The van der Waals surface area contributed by atoms with E-state index in [1.807, 2.05) is 30.3 Å². The molecule has 0 aromatic heterocycles. The predicted molar refractivity (Wildman–Crippen MR) is 174 cm³/mol. The van der Waals surface area contributed by atoms with Gasteiger partial charge in [-0.15, -0.1) is 0 Å². The molecule has 0 bridgehead atoms. The number of unbranched alkanes of at least 4 members (excludes halogenated alkanes) is 10. The molecule has 0 heterocycles. The molecule has 2 amide bonds. The molecule has 0 aliphatic rings. The first-order valence-electron chi connectivity index (χ1n) is 16.6. The highest BCUT2D eigenvalue weighted by Gasteiger charge is 2.27. The molecule has 0 aliphatic carbocycles. The summed E-state index contributed by atoms with van der Waals surface area (Å²) in [5.74, 6) is -1.37. The van der Waals surface area contributed by atoms with E-state index in [4.69, 9.17) is 19.9 Å². The topological polar surface area (TPSA) is 134 Å². The van der Waals surface area contributed by atoms with Crippen molar-refractivity contribution in [2.24, 2.45) is 5.73 Å². The summed E-state index contributed by atoms with van der Waals surface area (Å²) in [6, 6.07) is 16.7. The molecule has 0 saturated heterocycles. The summed E-state index contributed by atoms with van der Waals surface area (Å²) < 4.78 is 16.3. The molecule has 0 radical (unpaired) electrons. The van der Waals surface area contributed by atoms with Crippen LogP contribution in [0.25, 0.3) is 0 Å². The molecular formula is C36H52N2O7. The third-order valence-electron chi connectivity index (χ3n) is 7.49. The lowest BCUT2D eigenvalue weighted by Gasteiger charge is -2.22. The minimum Gasteiger partial charge on any atom is -0.461 e. The molecule has 3 N–H and O–H groups in total. The summed E-state index contributed by atoms with van der Waals surface area (Å²) in [6.45, 7) is 2.38. The van der Waals surface area contributed by atoms with Crippen molar-refractivity contribution in [3.8, 4) is 5.75 Å². The standard InChI is InChI=1S/C36H52N2O7/c1-2-3-4-5-6-7-8-9-10-11-16-24-31(27-33(37)39)44-35(41)32(38-36(42)45-30-22-17-13-18-23-30)25-19-26-34(40)43-28-29-20-14-12-15-21-29/h12-15,17-18,20-23,31-32H,2-11,16,19,24-28H2,1H3,(H2,37,39)(H,38,42)/t31?,32-/m0/s1. The lowest BCUT2D eigenvalue weighted by Crippen LogP contribution is -2.44. The Hall–Kier alpha value is -3.88. The van der Waals surface area contributed by atoms with E-state index >= 15 is 0 Å². The Kier molecular flexibility index (Phi) is 19.5. The fraction of sp³-hybridized carbons (Fsp3) is 0.556. The van der Waals surface area contributed by atoms with Crippen LogP contribution in [0.15, 0.2) is 60.7 Å². The molecule has 2 aromatic rings. The number of hydrogen-bond acceptors (Lipinski definition) is 7. The Morgan fingerprint density at radius 3 is 1.91 bits per heavy atom. The average Bonchev–Trinajstić information content (AvgIpc) is 3.02. The summed E-state index contributed by atoms with van der Waals surface area (Å²) in [5, 5.41) is 2.56. The van der Waals surface area contributed by atoms with Crippen LogP contribution in [-0.2, 0) is 30.5 Å². The Balaban J connectivity index is 1.85. The molecule has 45 heavy (non-hydrogen) atoms. The maximum Gasteiger partial charge on any atom is 0.413 e. The lowest BCUT2D eigenvalue weighted by molar-refractivity contribution is -0.153. The van der Waals surface area contributed by atoms with Crippen LogP contribution >= 0.6 is 0 Å². The first kappa shape index (κ1) is 37.3. The summed E-state index contributed by atoms with van der Waals surface area (Å²) >= 11 is 0. The lowest BCUT2D eigenvalue weighted by atomic mass is 10.0. The van der Waals surface area contributed by atoms with E-state index in [2.05, 4.69) is 12.2 Å². The van der Waals surface area contributed by atoms with Crippen molar-refractivity contribution in [1.82, 2.24) is 5.32 Å². The molecule has 1 unspecified atom stereocenters. The largest absolute Gasteiger partial charge is 0.461 e. The van der Waals surface area contributed by atoms with E-state index in [-0.39, 0.29) is 32.3 Å². The Bertz CT molecular complexity index is 1110. The highest BCUT2D eigenvalue weighted by molar-refractivity contribution is 5.82. The molecule has 248 valence electrons. The Labute approximate surface area is 268 Å². The van der Waals surface area contributed by atoms with E-state index in [0.717, 1.165) is 31.2 Å². The van der Waals surface area contributed by atoms with Gasteiger partial charge < -0.3 is 25.3 Å². The smallest absolute Gasteiger partial charge is 0.413 e. The zero-order valence-corrected chi connectivity index (χ0v) is 26.9. The molecule has 0 aliphatic heterocycles. The second-order valence-electron chi connectivity index (χ2n) is 11.5. The van der Waals surface area contributed by atoms with Crippen LogP contribution in [0.5, 0.6) is 5.75 Å². The summed E-state index contributed by atoms with van der Waals surface area (Å²) in [4.78, 5) is 49.9. The first-order chi connectivity index (χ1) is 21.9. The van der Waals surface area contributed by atoms with Gasteiger partial charge in [-0.25, -0.2) is 9.59 Å². The third-order valence-corrected chi connectivity index (χ3v) is 7.49. The molecule has 0 saturated carbocycles. The van der Waals surface area contributed by atoms with Crippen molar-refractivity contribution in [1.29, 1.82) is 0 Å². The van der Waals surface area contributed by atoms with Gasteiger partial charge in [-0.3, -0.25) is 9.59 Å². The van der Waals surface area contributed by atoms with Crippen molar-refractivity contribution < 1.29 is 33.4 Å². The van der Waals surface area contributed by atoms with E-state index in [9.17, 15) is 19.2 Å². The fourth-order valence-corrected chi connectivity index (χ4v) is 4.99. The van der Waals surface area contributed by atoms with Crippen molar-refractivity contribution in [3.05, 3.63) is 66.2 Å². The highest BCUT2D eigenvalue weighted by atomic mass is 16.6. The molecule has 2 aromatic carbocycles. The van der Waals surface area contributed by atoms with Gasteiger partial charge in [0.2, 0.25) is 5.91 Å². The number of carbonyl (C=O) groups is 4. The number of nitrogens with one attached hydrogen (secondary N) is 1. The van der Waals surface area contributed by atoms with Crippen molar-refractivity contribution in [3.63, 3.8) is 0 Å². The number of benzene rings is 2. The van der Waals surface area contributed by atoms with Crippen LogP contribution in [-0.4, -0.2) is 36.1 Å². The second-order valence-corrected chi connectivity index (χ2v) is 11.5. The van der Waals surface area contributed by atoms with Gasteiger partial charge in [-0.05, 0) is 43.4 Å². The highest BCUT2D eigenvalue weighted by Crippen LogP contribution is 2.17. The number of nitrogens with two attached hydrogens (primary N) is 1. The van der Waals surface area contributed by atoms with E-state index in [1.165, 1.54) is 44.9 Å². The van der Waals surface area contributed by atoms with Crippen LogP contribution in [0.2, 0.25) is 0 Å². The predicted octanol–water partition coefficient (Wildman–Crippen LogP) is 7.55. The zero-order valence-electron chi connectivity index (χ0n) is 26.9. The van der Waals surface area contributed by atoms with Gasteiger partial charge in [-0.1, -0.05) is 120 Å². The first-order valence-corrected chi connectivity index (χ1v) is 16.6. The number of ether oxygens (including phenoxy) is 3. The van der Waals surface area contributed by atoms with Gasteiger partial charge in [0.1, 0.15) is 24.5 Å². The van der Waals surface area contributed by atoms with Crippen LogP contribution in [0, 0.1) is 0 Å². The number of esters is 2. The molecule has 2 atom stereocenters. The third kappa shape index (κ3) is 18.5. The quantitative estimate of drug-likeness (QED) is 0.0910. The van der Waals surface area contributed by atoms with E-state index in [1.54, 1.807) is 30.3 Å². The fourth-order valence-electron chi connectivity index (χ4n) is 4.99.